The van der Waals surface area contributed by atoms with Crippen molar-refractivity contribution in [3.63, 3.8) is 0 Å². The Bertz CT molecular complexity index is 908. The first-order valence-corrected chi connectivity index (χ1v) is 7.35. The molecule has 0 spiro atoms. The summed E-state index contributed by atoms with van der Waals surface area (Å²) in [4.78, 5) is 28.6. The number of aromatic nitrogens is 2. The van der Waals surface area contributed by atoms with Gasteiger partial charge in [0.05, 0.1) is 17.8 Å². The van der Waals surface area contributed by atoms with Gasteiger partial charge in [-0.15, -0.1) is 0 Å². The summed E-state index contributed by atoms with van der Waals surface area (Å²) in [6, 6.07) is 5.50. The lowest BCUT2D eigenvalue weighted by molar-refractivity contribution is 0.101. The second-order valence-corrected chi connectivity index (χ2v) is 5.79. The van der Waals surface area contributed by atoms with E-state index in [1.54, 1.807) is 6.20 Å². The van der Waals surface area contributed by atoms with Crippen LogP contribution in [0.3, 0.4) is 0 Å². The highest BCUT2D eigenvalue weighted by atomic mass is 16.1. The van der Waals surface area contributed by atoms with Gasteiger partial charge in [0.25, 0.3) is 5.56 Å². The summed E-state index contributed by atoms with van der Waals surface area (Å²) in [5, 5.41) is 1.12. The van der Waals surface area contributed by atoms with E-state index in [2.05, 4.69) is 24.2 Å². The van der Waals surface area contributed by atoms with Gasteiger partial charge in [-0.2, -0.15) is 0 Å². The Morgan fingerprint density at radius 2 is 2.14 bits per heavy atom. The van der Waals surface area contributed by atoms with Crippen LogP contribution in [0.15, 0.2) is 29.2 Å². The third-order valence-corrected chi connectivity index (χ3v) is 4.12. The fourth-order valence-electron chi connectivity index (χ4n) is 2.68. The summed E-state index contributed by atoms with van der Waals surface area (Å²) in [5.74, 6) is 0.287. The van der Waals surface area contributed by atoms with Crippen molar-refractivity contribution in [2.75, 3.05) is 0 Å². The molecule has 1 aliphatic rings. The lowest BCUT2D eigenvalue weighted by Gasteiger charge is -2.11. The molecule has 4 heteroatoms. The number of nitrogens with zero attached hydrogens (tertiary/aromatic N) is 2. The fourth-order valence-corrected chi connectivity index (χ4v) is 2.68. The quantitative estimate of drug-likeness (QED) is 0.796. The molecule has 0 saturated heterocycles. The molecule has 22 heavy (non-hydrogen) atoms. The molecule has 0 radical (unpaired) electrons. The van der Waals surface area contributed by atoms with E-state index in [1.165, 1.54) is 36.0 Å². The smallest absolute Gasteiger partial charge is 0.262 e. The van der Waals surface area contributed by atoms with Gasteiger partial charge in [-0.1, -0.05) is 19.2 Å². The molecule has 0 unspecified atom stereocenters. The Balaban J connectivity index is 2.14. The zero-order valence-electron chi connectivity index (χ0n) is 12.6. The Hall–Kier alpha value is -2.49. The Morgan fingerprint density at radius 3 is 2.77 bits per heavy atom. The number of pyridine rings is 2. The van der Waals surface area contributed by atoms with Crippen molar-refractivity contribution < 1.29 is 4.79 Å². The molecule has 112 valence electrons. The summed E-state index contributed by atoms with van der Waals surface area (Å²) in [6.45, 7) is 9.53. The molecular formula is C18H18N2O2. The van der Waals surface area contributed by atoms with Crippen molar-refractivity contribution in [2.45, 2.75) is 32.2 Å². The molecule has 1 fully saturated rings. The van der Waals surface area contributed by atoms with Gasteiger partial charge in [0.15, 0.2) is 5.78 Å². The monoisotopic (exact) mass is 294 g/mol. The Labute approximate surface area is 128 Å². The van der Waals surface area contributed by atoms with E-state index >= 15 is 0 Å². The maximum atomic E-state index is 12.5. The first kappa shape index (κ1) is 14.4. The maximum Gasteiger partial charge on any atom is 0.262 e. The van der Waals surface area contributed by atoms with Crippen LogP contribution in [-0.2, 0) is 6.54 Å². The van der Waals surface area contributed by atoms with Gasteiger partial charge in [-0.05, 0) is 48.6 Å². The molecule has 0 amide bonds. The first-order valence-electron chi connectivity index (χ1n) is 7.35. The zero-order chi connectivity index (χ0) is 15.9. The van der Waals surface area contributed by atoms with Gasteiger partial charge >= 0.3 is 0 Å². The summed E-state index contributed by atoms with van der Waals surface area (Å²) >= 11 is 0. The first-order chi connectivity index (χ1) is 10.5. The molecule has 2 aromatic rings. The SMILES string of the molecule is C=c1cc(C(C)=O)c(=O)n(Cc2ncccc2C2CC2)c1=C. The van der Waals surface area contributed by atoms with Gasteiger partial charge in [0.2, 0.25) is 0 Å². The number of Topliss-reactive ketones (excluding diaryl/α,β-unsaturated/α-hetero) is 1. The molecule has 0 bridgehead atoms. The lowest BCUT2D eigenvalue weighted by atomic mass is 10.1. The van der Waals surface area contributed by atoms with E-state index in [9.17, 15) is 9.59 Å². The fraction of sp³-hybridized carbons (Fsp3) is 0.278. The number of hydrogen-bond acceptors (Lipinski definition) is 3. The van der Waals surface area contributed by atoms with Crippen LogP contribution >= 0.6 is 0 Å². The normalized spacial score (nSPS) is 14.0. The van der Waals surface area contributed by atoms with Crippen molar-refractivity contribution in [1.29, 1.82) is 0 Å². The zero-order valence-corrected chi connectivity index (χ0v) is 12.6. The van der Waals surface area contributed by atoms with E-state index in [4.69, 9.17) is 0 Å². The van der Waals surface area contributed by atoms with Crippen LogP contribution in [0.2, 0.25) is 0 Å². The minimum atomic E-state index is -0.322. The third kappa shape index (κ3) is 2.52. The van der Waals surface area contributed by atoms with Crippen molar-refractivity contribution in [3.05, 3.63) is 62.1 Å². The van der Waals surface area contributed by atoms with E-state index in [-0.39, 0.29) is 16.9 Å². The number of carbonyl (C=O) groups excluding carboxylic acids is 1. The number of rotatable bonds is 4. The van der Waals surface area contributed by atoms with E-state index < -0.39 is 0 Å². The predicted octanol–water partition coefficient (Wildman–Crippen LogP) is 1.19. The summed E-state index contributed by atoms with van der Waals surface area (Å²) < 4.78 is 1.51. The second-order valence-electron chi connectivity index (χ2n) is 5.79. The van der Waals surface area contributed by atoms with Gasteiger partial charge in [0, 0.05) is 11.5 Å². The Kier molecular flexibility index (Phi) is 3.53. The molecule has 2 aromatic heterocycles. The molecule has 0 atom stereocenters. The van der Waals surface area contributed by atoms with Crippen molar-refractivity contribution in [3.8, 4) is 0 Å². The molecule has 0 aromatic carbocycles. The molecule has 0 N–H and O–H groups in total. The summed E-state index contributed by atoms with van der Waals surface area (Å²) in [5.41, 5.74) is 1.89. The highest BCUT2D eigenvalue weighted by Crippen LogP contribution is 2.41. The van der Waals surface area contributed by atoms with Crippen molar-refractivity contribution in [1.82, 2.24) is 9.55 Å². The minimum Gasteiger partial charge on any atom is -0.302 e. The van der Waals surface area contributed by atoms with Crippen LogP contribution in [0.25, 0.3) is 13.2 Å². The average Bonchev–Trinajstić information content (AvgIpc) is 3.32. The van der Waals surface area contributed by atoms with E-state index in [0.29, 0.717) is 23.0 Å². The average molecular weight is 294 g/mol. The maximum absolute atomic E-state index is 12.5. The van der Waals surface area contributed by atoms with E-state index in [0.717, 1.165) is 5.69 Å². The van der Waals surface area contributed by atoms with Crippen LogP contribution in [0.5, 0.6) is 0 Å². The highest BCUT2D eigenvalue weighted by Gasteiger charge is 2.26. The van der Waals surface area contributed by atoms with Gasteiger partial charge < -0.3 is 4.57 Å². The third-order valence-electron chi connectivity index (χ3n) is 4.12. The van der Waals surface area contributed by atoms with Gasteiger partial charge in [-0.25, -0.2) is 0 Å². The van der Waals surface area contributed by atoms with Crippen LogP contribution < -0.4 is 16.1 Å². The second kappa shape index (κ2) is 5.37. The van der Waals surface area contributed by atoms with E-state index in [1.807, 2.05) is 6.07 Å². The van der Waals surface area contributed by atoms with Crippen LogP contribution in [-0.4, -0.2) is 15.3 Å². The molecule has 4 nitrogen and oxygen atoms in total. The largest absolute Gasteiger partial charge is 0.302 e. The molecule has 1 saturated carbocycles. The molecule has 3 rings (SSSR count). The molecule has 1 aliphatic carbocycles. The van der Waals surface area contributed by atoms with Gasteiger partial charge in [-0.3, -0.25) is 14.6 Å². The molecular weight excluding hydrogens is 276 g/mol. The van der Waals surface area contributed by atoms with Crippen molar-refractivity contribution in [2.24, 2.45) is 0 Å². The standard InChI is InChI=1S/C18H18N2O2/c1-11-9-16(13(3)21)18(22)20(12(11)2)10-17-15(14-6-7-14)5-4-8-19-17/h4-5,8-9,14H,1-2,6-7,10H2,3H3. The lowest BCUT2D eigenvalue weighted by Crippen LogP contribution is -2.44. The summed E-state index contributed by atoms with van der Waals surface area (Å²) in [6.07, 6.45) is 4.06. The number of ketones is 1. The molecule has 2 heterocycles. The predicted molar refractivity (Wildman–Crippen MR) is 86.3 cm³/mol. The molecule has 0 aliphatic heterocycles. The Morgan fingerprint density at radius 1 is 1.41 bits per heavy atom. The highest BCUT2D eigenvalue weighted by molar-refractivity contribution is 5.93. The number of hydrogen-bond donors (Lipinski definition) is 0. The van der Waals surface area contributed by atoms with Crippen LogP contribution in [0, 0.1) is 0 Å². The van der Waals surface area contributed by atoms with Crippen LogP contribution in [0.4, 0.5) is 0 Å². The number of carbonyl (C=O) groups is 1. The summed E-state index contributed by atoms with van der Waals surface area (Å²) in [7, 11) is 0. The van der Waals surface area contributed by atoms with Gasteiger partial charge in [0.1, 0.15) is 0 Å². The minimum absolute atomic E-state index is 0.154. The topological polar surface area (TPSA) is 52.0 Å². The van der Waals surface area contributed by atoms with Crippen LogP contribution in [0.1, 0.15) is 47.3 Å². The van der Waals surface area contributed by atoms with Crippen molar-refractivity contribution >= 4 is 18.9 Å².